The predicted octanol–water partition coefficient (Wildman–Crippen LogP) is 4.03. The van der Waals surface area contributed by atoms with Crippen molar-refractivity contribution < 1.29 is 13.2 Å². The molecule has 0 aliphatic carbocycles. The fraction of sp³-hybridized carbons (Fsp3) is 0.235. The number of amides is 2. The zero-order valence-corrected chi connectivity index (χ0v) is 16.3. The molecule has 0 aromatic heterocycles. The number of nitrogens with one attached hydrogen (secondary N) is 3. The molecule has 0 atom stereocenters. The van der Waals surface area contributed by atoms with Gasteiger partial charge in [-0.1, -0.05) is 29.8 Å². The Bertz CT molecular complexity index is 819. The molecule has 0 radical (unpaired) electrons. The molecule has 0 aliphatic heterocycles. The first-order valence-electron chi connectivity index (χ1n) is 7.69. The second-order valence-corrected chi connectivity index (χ2v) is 8.46. The van der Waals surface area contributed by atoms with E-state index >= 15 is 0 Å². The summed E-state index contributed by atoms with van der Waals surface area (Å²) in [5, 5.41) is 5.39. The maximum Gasteiger partial charge on any atom is 0.319 e. The van der Waals surface area contributed by atoms with Crippen molar-refractivity contribution in [3.63, 3.8) is 0 Å². The number of hydrogen-bond donors (Lipinski definition) is 3. The van der Waals surface area contributed by atoms with E-state index in [0.29, 0.717) is 23.8 Å². The number of halogens is 1. The number of urea groups is 1. The van der Waals surface area contributed by atoms with Gasteiger partial charge in [-0.3, -0.25) is 4.72 Å². The van der Waals surface area contributed by atoms with Crippen molar-refractivity contribution in [2.45, 2.75) is 18.7 Å². The average Bonchev–Trinajstić information content (AvgIpc) is 2.55. The molecule has 2 amide bonds. The smallest absolute Gasteiger partial charge is 0.319 e. The highest BCUT2D eigenvalue weighted by Gasteiger charge is 2.14. The minimum absolute atomic E-state index is 0.114. The molecular formula is C17H20BrN3O3S. The number of anilines is 2. The molecule has 8 heteroatoms. The van der Waals surface area contributed by atoms with Gasteiger partial charge in [0.1, 0.15) is 0 Å². The summed E-state index contributed by atoms with van der Waals surface area (Å²) in [5.41, 5.74) is 0.988. The zero-order valence-electron chi connectivity index (χ0n) is 13.9. The Hall–Kier alpha value is -2.06. The lowest BCUT2D eigenvalue weighted by Gasteiger charge is -2.11. The summed E-state index contributed by atoms with van der Waals surface area (Å²) in [6, 6.07) is 12.5. The third-order valence-corrected chi connectivity index (χ3v) is 5.12. The molecule has 0 heterocycles. The number of benzene rings is 2. The summed E-state index contributed by atoms with van der Waals surface area (Å²) in [7, 11) is -3.69. The molecule has 6 nitrogen and oxygen atoms in total. The largest absolute Gasteiger partial charge is 0.338 e. The second-order valence-electron chi connectivity index (χ2n) is 5.87. The molecule has 2 rings (SSSR count). The fourth-order valence-electron chi connectivity index (χ4n) is 1.92. The molecule has 0 aliphatic rings. The van der Waals surface area contributed by atoms with Crippen LogP contribution in [0, 0.1) is 5.92 Å². The SMILES string of the molecule is CC(C)CNC(=O)Nc1ccc(S(=O)(=O)Nc2ccc(Br)cc2)cc1. The van der Waals surface area contributed by atoms with Crippen molar-refractivity contribution in [1.82, 2.24) is 5.32 Å². The fourth-order valence-corrected chi connectivity index (χ4v) is 3.24. The van der Waals surface area contributed by atoms with E-state index in [2.05, 4.69) is 31.3 Å². The van der Waals surface area contributed by atoms with Crippen LogP contribution in [0.5, 0.6) is 0 Å². The molecule has 0 bridgehead atoms. The monoisotopic (exact) mass is 425 g/mol. The van der Waals surface area contributed by atoms with E-state index in [0.717, 1.165) is 4.47 Å². The molecule has 0 spiro atoms. The number of hydrogen-bond acceptors (Lipinski definition) is 3. The van der Waals surface area contributed by atoms with Gasteiger partial charge < -0.3 is 10.6 Å². The normalized spacial score (nSPS) is 11.2. The van der Waals surface area contributed by atoms with Gasteiger partial charge in [0.15, 0.2) is 0 Å². The zero-order chi connectivity index (χ0) is 18.4. The van der Waals surface area contributed by atoms with Gasteiger partial charge in [-0.2, -0.15) is 0 Å². The molecule has 0 saturated heterocycles. The number of rotatable bonds is 6. The summed E-state index contributed by atoms with van der Waals surface area (Å²) in [4.78, 5) is 11.8. The molecular weight excluding hydrogens is 406 g/mol. The summed E-state index contributed by atoms with van der Waals surface area (Å²) in [6.07, 6.45) is 0. The molecule has 2 aromatic carbocycles. The summed E-state index contributed by atoms with van der Waals surface area (Å²) < 4.78 is 28.1. The summed E-state index contributed by atoms with van der Waals surface area (Å²) >= 11 is 3.30. The van der Waals surface area contributed by atoms with Crippen molar-refractivity contribution >= 4 is 43.4 Å². The molecule has 25 heavy (non-hydrogen) atoms. The van der Waals surface area contributed by atoms with Crippen LogP contribution in [0.25, 0.3) is 0 Å². The third kappa shape index (κ3) is 6.06. The van der Waals surface area contributed by atoms with Gasteiger partial charge in [0.2, 0.25) is 0 Å². The quantitative estimate of drug-likeness (QED) is 0.652. The van der Waals surface area contributed by atoms with Gasteiger partial charge in [-0.05, 0) is 54.4 Å². The molecule has 0 saturated carbocycles. The lowest BCUT2D eigenvalue weighted by molar-refractivity contribution is 0.251. The summed E-state index contributed by atoms with van der Waals surface area (Å²) in [6.45, 7) is 4.56. The summed E-state index contributed by atoms with van der Waals surface area (Å²) in [5.74, 6) is 0.350. The van der Waals surface area contributed by atoms with E-state index in [1.807, 2.05) is 13.8 Å². The standard InChI is InChI=1S/C17H20BrN3O3S/c1-12(2)11-19-17(22)20-14-7-9-16(10-8-14)25(23,24)21-15-5-3-13(18)4-6-15/h3-10,12,21H,11H2,1-2H3,(H2,19,20,22). The van der Waals surface area contributed by atoms with E-state index in [9.17, 15) is 13.2 Å². The van der Waals surface area contributed by atoms with E-state index in [1.165, 1.54) is 12.1 Å². The average molecular weight is 426 g/mol. The van der Waals surface area contributed by atoms with Crippen LogP contribution in [0.2, 0.25) is 0 Å². The first-order chi connectivity index (χ1) is 11.8. The van der Waals surface area contributed by atoms with Gasteiger partial charge in [-0.15, -0.1) is 0 Å². The van der Waals surface area contributed by atoms with Crippen LogP contribution in [0.4, 0.5) is 16.2 Å². The highest BCUT2D eigenvalue weighted by atomic mass is 79.9. The van der Waals surface area contributed by atoms with Crippen LogP contribution in [0.15, 0.2) is 57.9 Å². The minimum atomic E-state index is -3.69. The first kappa shape index (κ1) is 19.3. The molecule has 2 aromatic rings. The topological polar surface area (TPSA) is 87.3 Å². The van der Waals surface area contributed by atoms with Gasteiger partial charge >= 0.3 is 6.03 Å². The van der Waals surface area contributed by atoms with Crippen LogP contribution < -0.4 is 15.4 Å². The van der Waals surface area contributed by atoms with Crippen LogP contribution in [-0.4, -0.2) is 21.0 Å². The maximum atomic E-state index is 12.4. The van der Waals surface area contributed by atoms with Crippen molar-refractivity contribution in [2.24, 2.45) is 5.92 Å². The third-order valence-electron chi connectivity index (χ3n) is 3.19. The molecule has 134 valence electrons. The first-order valence-corrected chi connectivity index (χ1v) is 9.97. The van der Waals surface area contributed by atoms with E-state index in [1.54, 1.807) is 36.4 Å². The van der Waals surface area contributed by atoms with Crippen molar-refractivity contribution in [3.05, 3.63) is 53.0 Å². The Morgan fingerprint density at radius 3 is 2.12 bits per heavy atom. The molecule has 0 unspecified atom stereocenters. The van der Waals surface area contributed by atoms with Crippen molar-refractivity contribution in [1.29, 1.82) is 0 Å². The maximum absolute atomic E-state index is 12.4. The molecule has 0 fully saturated rings. The second kappa shape index (κ2) is 8.35. The number of sulfonamides is 1. The van der Waals surface area contributed by atoms with E-state index in [4.69, 9.17) is 0 Å². The highest BCUT2D eigenvalue weighted by molar-refractivity contribution is 9.10. The minimum Gasteiger partial charge on any atom is -0.338 e. The van der Waals surface area contributed by atoms with Gasteiger partial charge in [-0.25, -0.2) is 13.2 Å². The Labute approximate surface area is 156 Å². The predicted molar refractivity (Wildman–Crippen MR) is 103 cm³/mol. The van der Waals surface area contributed by atoms with Crippen LogP contribution in [-0.2, 0) is 10.0 Å². The van der Waals surface area contributed by atoms with Crippen LogP contribution >= 0.6 is 15.9 Å². The molecule has 3 N–H and O–H groups in total. The van der Waals surface area contributed by atoms with E-state index in [-0.39, 0.29) is 10.9 Å². The van der Waals surface area contributed by atoms with Gasteiger partial charge in [0.25, 0.3) is 10.0 Å². The number of carbonyl (C=O) groups excluding carboxylic acids is 1. The van der Waals surface area contributed by atoms with Gasteiger partial charge in [0.05, 0.1) is 4.90 Å². The number of carbonyl (C=O) groups is 1. The Morgan fingerprint density at radius 1 is 1.00 bits per heavy atom. The lowest BCUT2D eigenvalue weighted by Crippen LogP contribution is -2.31. The highest BCUT2D eigenvalue weighted by Crippen LogP contribution is 2.20. The lowest BCUT2D eigenvalue weighted by atomic mass is 10.2. The Morgan fingerprint density at radius 2 is 1.56 bits per heavy atom. The van der Waals surface area contributed by atoms with Crippen molar-refractivity contribution in [2.75, 3.05) is 16.6 Å². The van der Waals surface area contributed by atoms with Crippen molar-refractivity contribution in [3.8, 4) is 0 Å². The van der Waals surface area contributed by atoms with Crippen LogP contribution in [0.1, 0.15) is 13.8 Å². The van der Waals surface area contributed by atoms with Gasteiger partial charge in [0, 0.05) is 22.4 Å². The Balaban J connectivity index is 2.02. The van der Waals surface area contributed by atoms with Crippen LogP contribution in [0.3, 0.4) is 0 Å². The Kier molecular flexibility index (Phi) is 6.44. The van der Waals surface area contributed by atoms with E-state index < -0.39 is 10.0 Å².